The lowest BCUT2D eigenvalue weighted by Gasteiger charge is -2.31. The summed E-state index contributed by atoms with van der Waals surface area (Å²) in [7, 11) is 0. The number of aromatic nitrogens is 5. The standard InChI is InChI=1S/C27H31N7O3/c1-3-8-23(27(36)29-20-10-5-6-11-20)34(21-15-19-9-4-7-12-22(19)28-16-21)25(35)17-33-31-26(30-32-33)24-14-13-18(2)37-24/h4,7,9,12-16,20,23H,3,5-6,8,10-11,17H2,1-2H3,(H,29,36)/t23-/m0/s1. The number of para-hydroxylation sites is 1. The van der Waals surface area contributed by atoms with E-state index < -0.39 is 6.04 Å². The Hall–Kier alpha value is -4.08. The van der Waals surface area contributed by atoms with Gasteiger partial charge in [-0.25, -0.2) is 0 Å². The van der Waals surface area contributed by atoms with E-state index in [0.29, 0.717) is 23.7 Å². The van der Waals surface area contributed by atoms with Crippen molar-refractivity contribution < 1.29 is 14.0 Å². The molecule has 3 heterocycles. The number of pyridine rings is 1. The van der Waals surface area contributed by atoms with Gasteiger partial charge in [-0.15, -0.1) is 10.2 Å². The first kappa shape index (κ1) is 24.6. The topological polar surface area (TPSA) is 119 Å². The highest BCUT2D eigenvalue weighted by molar-refractivity contribution is 6.01. The molecular weight excluding hydrogens is 470 g/mol. The van der Waals surface area contributed by atoms with Gasteiger partial charge < -0.3 is 9.73 Å². The van der Waals surface area contributed by atoms with Gasteiger partial charge in [0.2, 0.25) is 11.7 Å². The molecule has 10 nitrogen and oxygen atoms in total. The van der Waals surface area contributed by atoms with E-state index in [1.54, 1.807) is 17.2 Å². The highest BCUT2D eigenvalue weighted by Gasteiger charge is 2.33. The molecule has 0 saturated heterocycles. The van der Waals surface area contributed by atoms with Gasteiger partial charge in [-0.2, -0.15) is 4.80 Å². The average molecular weight is 502 g/mol. The first-order valence-electron chi connectivity index (χ1n) is 12.8. The van der Waals surface area contributed by atoms with Crippen molar-refractivity contribution in [2.75, 3.05) is 4.90 Å². The molecule has 0 spiro atoms. The number of anilines is 1. The molecule has 0 bridgehead atoms. The van der Waals surface area contributed by atoms with Crippen LogP contribution in [0, 0.1) is 6.92 Å². The summed E-state index contributed by atoms with van der Waals surface area (Å²) in [5.41, 5.74) is 1.38. The fourth-order valence-electron chi connectivity index (χ4n) is 4.87. The molecule has 1 aromatic carbocycles. The smallest absolute Gasteiger partial charge is 0.251 e. The highest BCUT2D eigenvalue weighted by Crippen LogP contribution is 2.25. The number of nitrogens with zero attached hydrogens (tertiary/aromatic N) is 6. The van der Waals surface area contributed by atoms with Gasteiger partial charge in [-0.05, 0) is 55.7 Å². The van der Waals surface area contributed by atoms with E-state index in [-0.39, 0.29) is 24.4 Å². The fourth-order valence-corrected chi connectivity index (χ4v) is 4.87. The Morgan fingerprint density at radius 2 is 2.00 bits per heavy atom. The van der Waals surface area contributed by atoms with Crippen LogP contribution in [0.4, 0.5) is 5.69 Å². The summed E-state index contributed by atoms with van der Waals surface area (Å²) in [5, 5.41) is 16.5. The normalized spacial score (nSPS) is 14.6. The summed E-state index contributed by atoms with van der Waals surface area (Å²) in [6.45, 7) is 3.65. The minimum Gasteiger partial charge on any atom is -0.458 e. The van der Waals surface area contributed by atoms with E-state index in [1.165, 1.54) is 4.80 Å². The number of benzene rings is 1. The molecular formula is C27H31N7O3. The number of nitrogens with one attached hydrogen (secondary N) is 1. The third-order valence-corrected chi connectivity index (χ3v) is 6.69. The number of tetrazole rings is 1. The van der Waals surface area contributed by atoms with Crippen molar-refractivity contribution in [2.24, 2.45) is 0 Å². The maximum Gasteiger partial charge on any atom is 0.251 e. The zero-order chi connectivity index (χ0) is 25.8. The number of rotatable bonds is 9. The molecule has 2 amide bonds. The Balaban J connectivity index is 1.46. The molecule has 1 fully saturated rings. The minimum absolute atomic E-state index is 0.145. The van der Waals surface area contributed by atoms with Crippen molar-refractivity contribution >= 4 is 28.4 Å². The maximum atomic E-state index is 13.8. The molecule has 1 saturated carbocycles. The van der Waals surface area contributed by atoms with Crippen molar-refractivity contribution in [3.8, 4) is 11.6 Å². The molecule has 4 aromatic rings. The zero-order valence-electron chi connectivity index (χ0n) is 21.1. The maximum absolute atomic E-state index is 13.8. The van der Waals surface area contributed by atoms with E-state index >= 15 is 0 Å². The summed E-state index contributed by atoms with van der Waals surface area (Å²) in [4.78, 5) is 34.7. The van der Waals surface area contributed by atoms with Crippen molar-refractivity contribution in [2.45, 2.75) is 71.0 Å². The summed E-state index contributed by atoms with van der Waals surface area (Å²) >= 11 is 0. The van der Waals surface area contributed by atoms with Gasteiger partial charge in [0.15, 0.2) is 5.76 Å². The minimum atomic E-state index is -0.684. The Labute approximate surface area is 215 Å². The van der Waals surface area contributed by atoms with Gasteiger partial charge in [-0.1, -0.05) is 44.4 Å². The van der Waals surface area contributed by atoms with Crippen molar-refractivity contribution in [1.82, 2.24) is 30.5 Å². The van der Waals surface area contributed by atoms with Gasteiger partial charge in [-0.3, -0.25) is 19.5 Å². The predicted molar refractivity (Wildman–Crippen MR) is 139 cm³/mol. The number of aryl methyl sites for hydroxylation is 1. The summed E-state index contributed by atoms with van der Waals surface area (Å²) in [6.07, 6.45) is 7.04. The predicted octanol–water partition coefficient (Wildman–Crippen LogP) is 4.05. The van der Waals surface area contributed by atoms with Crippen molar-refractivity contribution in [3.63, 3.8) is 0 Å². The molecule has 5 rings (SSSR count). The number of hydrogen-bond donors (Lipinski definition) is 1. The van der Waals surface area contributed by atoms with Crippen LogP contribution in [0.1, 0.15) is 51.2 Å². The first-order chi connectivity index (χ1) is 18.0. The lowest BCUT2D eigenvalue weighted by atomic mass is 10.1. The van der Waals surface area contributed by atoms with Gasteiger partial charge in [0.1, 0.15) is 18.3 Å². The Bertz CT molecular complexity index is 1390. The first-order valence-corrected chi connectivity index (χ1v) is 12.8. The number of fused-ring (bicyclic) bond motifs is 1. The second-order valence-corrected chi connectivity index (χ2v) is 9.50. The lowest BCUT2D eigenvalue weighted by Crippen LogP contribution is -2.52. The van der Waals surface area contributed by atoms with Gasteiger partial charge in [0.05, 0.1) is 17.4 Å². The SMILES string of the molecule is CCC[C@@H](C(=O)NC1CCCC1)N(C(=O)Cn1nnc(-c2ccc(C)o2)n1)c1cnc2ccccc2c1. The number of amides is 2. The molecule has 1 aliphatic carbocycles. The summed E-state index contributed by atoms with van der Waals surface area (Å²) in [5.74, 6) is 1.04. The zero-order valence-corrected chi connectivity index (χ0v) is 21.1. The summed E-state index contributed by atoms with van der Waals surface area (Å²) < 4.78 is 5.58. The monoisotopic (exact) mass is 501 g/mol. The Kier molecular flexibility index (Phi) is 7.25. The third kappa shape index (κ3) is 5.52. The molecule has 192 valence electrons. The number of hydrogen-bond acceptors (Lipinski definition) is 7. The quantitative estimate of drug-likeness (QED) is 0.367. The fraction of sp³-hybridized carbons (Fsp3) is 0.407. The molecule has 37 heavy (non-hydrogen) atoms. The third-order valence-electron chi connectivity index (χ3n) is 6.69. The Morgan fingerprint density at radius 1 is 1.19 bits per heavy atom. The van der Waals surface area contributed by atoms with E-state index in [1.807, 2.05) is 50.2 Å². The van der Waals surface area contributed by atoms with Crippen LogP contribution in [0.3, 0.4) is 0 Å². The van der Waals surface area contributed by atoms with Crippen LogP contribution in [0.5, 0.6) is 0 Å². The van der Waals surface area contributed by atoms with Gasteiger partial charge in [0.25, 0.3) is 5.91 Å². The average Bonchev–Trinajstić information content (AvgIpc) is 3.66. The second kappa shape index (κ2) is 10.9. The molecule has 0 unspecified atom stereocenters. The van der Waals surface area contributed by atoms with Crippen molar-refractivity contribution in [1.29, 1.82) is 0 Å². The van der Waals surface area contributed by atoms with E-state index in [4.69, 9.17) is 4.42 Å². The Morgan fingerprint density at radius 3 is 2.76 bits per heavy atom. The molecule has 1 aliphatic rings. The van der Waals surface area contributed by atoms with Gasteiger partial charge in [0, 0.05) is 11.4 Å². The van der Waals surface area contributed by atoms with Crippen LogP contribution in [0.25, 0.3) is 22.5 Å². The van der Waals surface area contributed by atoms with E-state index in [2.05, 4.69) is 25.7 Å². The highest BCUT2D eigenvalue weighted by atomic mass is 16.3. The molecule has 0 aliphatic heterocycles. The largest absolute Gasteiger partial charge is 0.458 e. The van der Waals surface area contributed by atoms with Crippen molar-refractivity contribution in [3.05, 3.63) is 54.4 Å². The van der Waals surface area contributed by atoms with Crippen LogP contribution in [-0.2, 0) is 16.1 Å². The number of carbonyl (C=O) groups is 2. The van der Waals surface area contributed by atoms with Crippen LogP contribution in [-0.4, -0.2) is 49.1 Å². The van der Waals surface area contributed by atoms with Crippen LogP contribution >= 0.6 is 0 Å². The van der Waals surface area contributed by atoms with E-state index in [0.717, 1.165) is 48.8 Å². The molecule has 1 atom stereocenters. The lowest BCUT2D eigenvalue weighted by molar-refractivity contribution is -0.127. The van der Waals surface area contributed by atoms with Crippen LogP contribution < -0.4 is 10.2 Å². The van der Waals surface area contributed by atoms with Gasteiger partial charge >= 0.3 is 0 Å². The van der Waals surface area contributed by atoms with E-state index in [9.17, 15) is 9.59 Å². The molecule has 0 radical (unpaired) electrons. The second-order valence-electron chi connectivity index (χ2n) is 9.50. The molecule has 10 heteroatoms. The summed E-state index contributed by atoms with van der Waals surface area (Å²) in [6, 6.07) is 12.6. The number of furan rings is 1. The number of carbonyl (C=O) groups excluding carboxylic acids is 2. The van der Waals surface area contributed by atoms with Crippen LogP contribution in [0.15, 0.2) is 53.1 Å². The van der Waals surface area contributed by atoms with Crippen LogP contribution in [0.2, 0.25) is 0 Å². The molecule has 3 aromatic heterocycles. The molecule has 1 N–H and O–H groups in total.